The number of anilines is 1. The number of hydrogen-bond donors (Lipinski definition) is 1. The lowest BCUT2D eigenvalue weighted by molar-refractivity contribution is 0.287. The van der Waals surface area contributed by atoms with E-state index in [1.54, 1.807) is 27.5 Å². The Balaban J connectivity index is 1.89. The molecule has 1 N–H and O–H groups in total. The predicted molar refractivity (Wildman–Crippen MR) is 120 cm³/mol. The molecule has 7 nitrogen and oxygen atoms in total. The Labute approximate surface area is 183 Å². The lowest BCUT2D eigenvalue weighted by Crippen LogP contribution is -2.24. The predicted octanol–water partition coefficient (Wildman–Crippen LogP) is 3.63. The zero-order valence-corrected chi connectivity index (χ0v) is 18.2. The maximum atomic E-state index is 9.13. The van der Waals surface area contributed by atoms with Crippen LogP contribution in [0.15, 0.2) is 54.7 Å². The maximum absolute atomic E-state index is 9.13. The second-order valence-electron chi connectivity index (χ2n) is 7.08. The number of nitrogens with zero attached hydrogens (tertiary/aromatic N) is 3. The highest BCUT2D eigenvalue weighted by Crippen LogP contribution is 2.24. The van der Waals surface area contributed by atoms with Gasteiger partial charge in [-0.25, -0.2) is 4.98 Å². The van der Waals surface area contributed by atoms with Crippen molar-refractivity contribution in [2.24, 2.45) is 0 Å². The van der Waals surface area contributed by atoms with E-state index in [1.807, 2.05) is 48.5 Å². The Hall–Kier alpha value is -3.32. The number of ether oxygens (including phenoxy) is 3. The quantitative estimate of drug-likeness (QED) is 0.505. The Morgan fingerprint density at radius 3 is 1.81 bits per heavy atom. The van der Waals surface area contributed by atoms with Crippen molar-refractivity contribution in [1.82, 2.24) is 9.97 Å². The molecule has 0 bridgehead atoms. The third kappa shape index (κ3) is 6.08. The normalized spacial score (nSPS) is 10.6. The third-order valence-corrected chi connectivity index (χ3v) is 4.96. The van der Waals surface area contributed by atoms with Crippen molar-refractivity contribution in [2.75, 3.05) is 32.8 Å². The summed E-state index contributed by atoms with van der Waals surface area (Å²) in [4.78, 5) is 11.4. The Morgan fingerprint density at radius 1 is 0.806 bits per heavy atom. The first kappa shape index (κ1) is 22.4. The molecule has 1 aromatic heterocycles. The molecule has 0 saturated carbocycles. The summed E-state index contributed by atoms with van der Waals surface area (Å²) in [6.45, 7) is 1.36. The summed E-state index contributed by atoms with van der Waals surface area (Å²) in [5.41, 5.74) is 3.11. The first-order valence-electron chi connectivity index (χ1n) is 10.2. The van der Waals surface area contributed by atoms with Crippen LogP contribution in [0.2, 0.25) is 0 Å². The number of benzene rings is 2. The highest BCUT2D eigenvalue weighted by atomic mass is 16.5. The number of aromatic nitrogens is 2. The number of hydrogen-bond acceptors (Lipinski definition) is 7. The molecule has 0 aliphatic carbocycles. The molecular formula is C24H29N3O4. The zero-order chi connectivity index (χ0) is 22.1. The Kier molecular flexibility index (Phi) is 8.06. The molecule has 0 fully saturated rings. The van der Waals surface area contributed by atoms with E-state index in [0.717, 1.165) is 28.2 Å². The molecule has 1 heterocycles. The topological polar surface area (TPSA) is 76.9 Å². The molecule has 0 unspecified atom stereocenters. The van der Waals surface area contributed by atoms with Crippen LogP contribution in [0, 0.1) is 0 Å². The fourth-order valence-corrected chi connectivity index (χ4v) is 3.25. The van der Waals surface area contributed by atoms with Gasteiger partial charge in [0.15, 0.2) is 0 Å². The van der Waals surface area contributed by atoms with Crippen LogP contribution in [-0.4, -0.2) is 43.0 Å². The number of aliphatic hydroxyl groups is 1. The molecule has 0 spiro atoms. The SMILES string of the molecule is COc1ccc(CN(Cc2ccc(OC)cc2)c2ncc(CCCO)c(OC)n2)cc1. The van der Waals surface area contributed by atoms with Gasteiger partial charge < -0.3 is 24.2 Å². The second kappa shape index (κ2) is 11.2. The van der Waals surface area contributed by atoms with E-state index in [1.165, 1.54) is 0 Å². The van der Waals surface area contributed by atoms with Gasteiger partial charge in [-0.05, 0) is 48.2 Å². The highest BCUT2D eigenvalue weighted by molar-refractivity contribution is 5.40. The van der Waals surface area contributed by atoms with Crippen molar-refractivity contribution in [2.45, 2.75) is 25.9 Å². The van der Waals surface area contributed by atoms with Gasteiger partial charge in [-0.15, -0.1) is 0 Å². The molecule has 31 heavy (non-hydrogen) atoms. The van der Waals surface area contributed by atoms with Crippen molar-refractivity contribution < 1.29 is 19.3 Å². The smallest absolute Gasteiger partial charge is 0.229 e. The summed E-state index contributed by atoms with van der Waals surface area (Å²) in [6, 6.07) is 15.9. The van der Waals surface area contributed by atoms with Crippen molar-refractivity contribution in [3.05, 3.63) is 71.4 Å². The van der Waals surface area contributed by atoms with E-state index >= 15 is 0 Å². The van der Waals surface area contributed by atoms with Crippen LogP contribution < -0.4 is 19.1 Å². The molecule has 0 aliphatic heterocycles. The number of rotatable bonds is 11. The number of methoxy groups -OCH3 is 3. The average Bonchev–Trinajstić information content (AvgIpc) is 2.83. The van der Waals surface area contributed by atoms with Crippen molar-refractivity contribution in [3.8, 4) is 17.4 Å². The van der Waals surface area contributed by atoms with E-state index < -0.39 is 0 Å². The molecule has 3 rings (SSSR count). The van der Waals surface area contributed by atoms with Crippen molar-refractivity contribution in [1.29, 1.82) is 0 Å². The van der Waals surface area contributed by atoms with Gasteiger partial charge in [0.05, 0.1) is 21.3 Å². The fourth-order valence-electron chi connectivity index (χ4n) is 3.25. The van der Waals surface area contributed by atoms with Gasteiger partial charge in [-0.3, -0.25) is 0 Å². The summed E-state index contributed by atoms with van der Waals surface area (Å²) in [5, 5.41) is 9.13. The lowest BCUT2D eigenvalue weighted by Gasteiger charge is -2.24. The van der Waals surface area contributed by atoms with E-state index in [0.29, 0.717) is 37.8 Å². The Bertz CT molecular complexity index is 897. The van der Waals surface area contributed by atoms with Gasteiger partial charge in [0.25, 0.3) is 0 Å². The van der Waals surface area contributed by atoms with Crippen LogP contribution in [0.5, 0.6) is 17.4 Å². The highest BCUT2D eigenvalue weighted by Gasteiger charge is 2.15. The summed E-state index contributed by atoms with van der Waals surface area (Å²) < 4.78 is 16.0. The molecule has 0 saturated heterocycles. The van der Waals surface area contributed by atoms with E-state index in [2.05, 4.69) is 14.9 Å². The first-order valence-corrected chi connectivity index (χ1v) is 10.2. The molecule has 2 aromatic carbocycles. The van der Waals surface area contributed by atoms with E-state index in [-0.39, 0.29) is 6.61 Å². The fraction of sp³-hybridized carbons (Fsp3) is 0.333. The van der Waals surface area contributed by atoms with Crippen LogP contribution >= 0.6 is 0 Å². The molecular weight excluding hydrogens is 394 g/mol. The van der Waals surface area contributed by atoms with Crippen LogP contribution in [0.1, 0.15) is 23.1 Å². The molecule has 164 valence electrons. The zero-order valence-electron chi connectivity index (χ0n) is 18.2. The molecule has 0 atom stereocenters. The molecule has 0 amide bonds. The van der Waals surface area contributed by atoms with Crippen LogP contribution in [0.25, 0.3) is 0 Å². The van der Waals surface area contributed by atoms with Crippen LogP contribution in [-0.2, 0) is 19.5 Å². The molecule has 7 heteroatoms. The maximum Gasteiger partial charge on any atom is 0.229 e. The van der Waals surface area contributed by atoms with E-state index in [4.69, 9.17) is 19.3 Å². The van der Waals surface area contributed by atoms with Gasteiger partial charge >= 0.3 is 0 Å². The van der Waals surface area contributed by atoms with Crippen molar-refractivity contribution >= 4 is 5.95 Å². The van der Waals surface area contributed by atoms with E-state index in [9.17, 15) is 0 Å². The standard InChI is InChI=1S/C24H29N3O4/c1-29-21-10-6-18(7-11-21)16-27(17-19-8-12-22(30-2)13-9-19)24-25-15-20(5-4-14-28)23(26-24)31-3/h6-13,15,28H,4-5,14,16-17H2,1-3H3. The largest absolute Gasteiger partial charge is 0.497 e. The minimum Gasteiger partial charge on any atom is -0.497 e. The van der Waals surface area contributed by atoms with Crippen molar-refractivity contribution in [3.63, 3.8) is 0 Å². The first-order chi connectivity index (χ1) is 15.2. The summed E-state index contributed by atoms with van der Waals surface area (Å²) >= 11 is 0. The lowest BCUT2D eigenvalue weighted by atomic mass is 10.1. The number of aliphatic hydroxyl groups excluding tert-OH is 1. The summed E-state index contributed by atoms with van der Waals surface area (Å²) in [6.07, 6.45) is 3.09. The minimum absolute atomic E-state index is 0.117. The van der Waals surface area contributed by atoms with Crippen LogP contribution in [0.3, 0.4) is 0 Å². The van der Waals surface area contributed by atoms with Gasteiger partial charge in [-0.1, -0.05) is 24.3 Å². The third-order valence-electron chi connectivity index (χ3n) is 4.96. The summed E-state index contributed by atoms with van der Waals surface area (Å²) in [7, 11) is 4.92. The molecule has 3 aromatic rings. The van der Waals surface area contributed by atoms with Gasteiger partial charge in [0.1, 0.15) is 11.5 Å². The van der Waals surface area contributed by atoms with Gasteiger partial charge in [0.2, 0.25) is 11.8 Å². The van der Waals surface area contributed by atoms with Gasteiger partial charge in [-0.2, -0.15) is 4.98 Å². The number of aryl methyl sites for hydroxylation is 1. The molecule has 0 aliphatic rings. The second-order valence-corrected chi connectivity index (χ2v) is 7.08. The summed E-state index contributed by atoms with van der Waals surface area (Å²) in [5.74, 6) is 2.75. The minimum atomic E-state index is 0.117. The molecule has 0 radical (unpaired) electrons. The average molecular weight is 424 g/mol. The Morgan fingerprint density at radius 2 is 1.35 bits per heavy atom. The van der Waals surface area contributed by atoms with Crippen LogP contribution in [0.4, 0.5) is 5.95 Å². The van der Waals surface area contributed by atoms with Gasteiger partial charge in [0, 0.05) is 31.5 Å². The monoisotopic (exact) mass is 423 g/mol.